The Labute approximate surface area is 185 Å². The van der Waals surface area contributed by atoms with E-state index in [1.165, 1.54) is 18.7 Å². The zero-order valence-electron chi connectivity index (χ0n) is 18.3. The van der Waals surface area contributed by atoms with Crippen molar-refractivity contribution in [2.75, 3.05) is 5.75 Å². The molecule has 0 spiro atoms. The highest BCUT2D eigenvalue weighted by Gasteiger charge is 2.30. The van der Waals surface area contributed by atoms with E-state index in [9.17, 15) is 19.5 Å². The molecule has 10 nitrogen and oxygen atoms in total. The Morgan fingerprint density at radius 1 is 1.23 bits per heavy atom. The summed E-state index contributed by atoms with van der Waals surface area (Å²) in [5.74, 6) is -0.970. The number of rotatable bonds is 9. The fourth-order valence-corrected chi connectivity index (χ4v) is 3.38. The van der Waals surface area contributed by atoms with Gasteiger partial charge in [0.15, 0.2) is 0 Å². The van der Waals surface area contributed by atoms with Crippen LogP contribution >= 0.6 is 11.8 Å². The number of hydrogen-bond acceptors (Lipinski definition) is 6. The number of thioether (sulfide) groups is 1. The van der Waals surface area contributed by atoms with Crippen molar-refractivity contribution in [2.24, 2.45) is 5.11 Å². The maximum atomic E-state index is 12.8. The van der Waals surface area contributed by atoms with E-state index in [0.29, 0.717) is 5.75 Å². The maximum Gasteiger partial charge on any atom is 0.408 e. The number of aliphatic hydroxyl groups excluding tert-OH is 1. The summed E-state index contributed by atoms with van der Waals surface area (Å²) in [5, 5.41) is 17.5. The van der Waals surface area contributed by atoms with Gasteiger partial charge < -0.3 is 20.5 Å². The van der Waals surface area contributed by atoms with Crippen molar-refractivity contribution >= 4 is 29.7 Å². The molecule has 0 saturated heterocycles. The summed E-state index contributed by atoms with van der Waals surface area (Å²) in [7, 11) is 0. The van der Waals surface area contributed by atoms with Gasteiger partial charge in [-0.1, -0.05) is 29.8 Å². The molecule has 0 fully saturated rings. The lowest BCUT2D eigenvalue weighted by Crippen LogP contribution is -2.55. The fourth-order valence-electron chi connectivity index (χ4n) is 2.36. The topological polar surface area (TPSA) is 153 Å². The van der Waals surface area contributed by atoms with Gasteiger partial charge in [0.1, 0.15) is 17.7 Å². The van der Waals surface area contributed by atoms with Gasteiger partial charge in [-0.15, -0.1) is 0 Å². The number of carbonyl (C=O) groups is 3. The molecular formula is C20H29N5O5S. The fraction of sp³-hybridized carbons (Fsp3) is 0.550. The first-order chi connectivity index (χ1) is 14.4. The van der Waals surface area contributed by atoms with Crippen molar-refractivity contribution in [2.45, 2.75) is 64.2 Å². The van der Waals surface area contributed by atoms with Gasteiger partial charge in [0.05, 0.1) is 6.10 Å². The first-order valence-electron chi connectivity index (χ1n) is 9.63. The number of hydrogen-bond donors (Lipinski definition) is 3. The first-order valence-corrected chi connectivity index (χ1v) is 10.8. The highest BCUT2D eigenvalue weighted by Crippen LogP contribution is 2.15. The largest absolute Gasteiger partial charge is 0.444 e. The number of alkyl carbamates (subject to hydrolysis) is 1. The van der Waals surface area contributed by atoms with Crippen LogP contribution in [0.25, 0.3) is 10.4 Å². The molecule has 170 valence electrons. The van der Waals surface area contributed by atoms with Gasteiger partial charge in [-0.2, -0.15) is 11.8 Å². The molecule has 31 heavy (non-hydrogen) atoms. The molecule has 0 unspecified atom stereocenters. The lowest BCUT2D eigenvalue weighted by atomic mass is 10.1. The second-order valence-electron chi connectivity index (χ2n) is 7.95. The quantitative estimate of drug-likeness (QED) is 0.298. The third-order valence-corrected chi connectivity index (χ3v) is 4.98. The molecule has 1 aromatic carbocycles. The normalized spacial score (nSPS) is 13.9. The number of aryl methyl sites for hydroxylation is 1. The minimum atomic E-state index is -1.44. The Bertz CT molecular complexity index is 816. The van der Waals surface area contributed by atoms with Crippen LogP contribution in [0.4, 0.5) is 4.79 Å². The lowest BCUT2D eigenvalue weighted by Gasteiger charge is -2.25. The summed E-state index contributed by atoms with van der Waals surface area (Å²) < 4.78 is 5.21. The van der Waals surface area contributed by atoms with Crippen molar-refractivity contribution in [3.63, 3.8) is 0 Å². The first kappa shape index (κ1) is 26.3. The van der Waals surface area contributed by atoms with Crippen LogP contribution in [-0.2, 0) is 20.1 Å². The number of aliphatic hydroxyl groups is 1. The Kier molecular flexibility index (Phi) is 10.3. The monoisotopic (exact) mass is 451 g/mol. The van der Waals surface area contributed by atoms with Crippen LogP contribution in [0.15, 0.2) is 29.4 Å². The van der Waals surface area contributed by atoms with Gasteiger partial charge in [-0.25, -0.2) is 4.79 Å². The smallest absolute Gasteiger partial charge is 0.408 e. The standard InChI is InChI=1S/C20H29N5O5S/c1-12-6-8-14(9-7-12)10-31-11-15(22-19(29)30-20(3,4)5)17(27)23-16(13(2)26)18(28)24-25-21/h6-9,13,15-16,26H,10-11H2,1-5H3,(H,22,29)(H,23,27)/t13-,15+,16+/m1/s1. The number of nitrogens with one attached hydrogen (secondary N) is 2. The van der Waals surface area contributed by atoms with E-state index in [1.807, 2.05) is 31.2 Å². The van der Waals surface area contributed by atoms with Gasteiger partial charge in [0.2, 0.25) is 11.8 Å². The average Bonchev–Trinajstić information content (AvgIpc) is 2.65. The van der Waals surface area contributed by atoms with Gasteiger partial charge in [-0.05, 0) is 50.8 Å². The van der Waals surface area contributed by atoms with Crippen LogP contribution < -0.4 is 10.6 Å². The Morgan fingerprint density at radius 3 is 2.35 bits per heavy atom. The Hall–Kier alpha value is -2.75. The lowest BCUT2D eigenvalue weighted by molar-refractivity contribution is -0.130. The molecule has 1 rings (SSSR count). The minimum absolute atomic E-state index is 0.182. The van der Waals surface area contributed by atoms with Gasteiger partial charge in [-0.3, -0.25) is 9.59 Å². The molecule has 0 aliphatic carbocycles. The summed E-state index contributed by atoms with van der Waals surface area (Å²) in [5.41, 5.74) is 9.86. The highest BCUT2D eigenvalue weighted by molar-refractivity contribution is 7.98. The van der Waals surface area contributed by atoms with Gasteiger partial charge >= 0.3 is 6.09 Å². The summed E-state index contributed by atoms with van der Waals surface area (Å²) in [4.78, 5) is 39.2. The molecule has 0 heterocycles. The molecular weight excluding hydrogens is 422 g/mol. The Morgan fingerprint density at radius 2 is 1.84 bits per heavy atom. The van der Waals surface area contributed by atoms with E-state index in [0.717, 1.165) is 11.1 Å². The number of benzene rings is 1. The summed E-state index contributed by atoms with van der Waals surface area (Å²) in [6.07, 6.45) is -2.09. The van der Waals surface area contributed by atoms with Crippen molar-refractivity contribution in [3.8, 4) is 0 Å². The van der Waals surface area contributed by atoms with E-state index >= 15 is 0 Å². The van der Waals surface area contributed by atoms with E-state index in [4.69, 9.17) is 10.3 Å². The SMILES string of the molecule is Cc1ccc(CSC[C@H](NC(=O)OC(C)(C)C)C(=O)N[C@H](C(=O)N=[N+]=[N-])[C@@H](C)O)cc1. The molecule has 11 heteroatoms. The van der Waals surface area contributed by atoms with E-state index in [1.54, 1.807) is 20.8 Å². The second-order valence-corrected chi connectivity index (χ2v) is 8.98. The molecule has 3 amide bonds. The zero-order chi connectivity index (χ0) is 23.6. The minimum Gasteiger partial charge on any atom is -0.444 e. The molecule has 0 saturated carbocycles. The molecule has 0 bridgehead atoms. The predicted octanol–water partition coefficient (Wildman–Crippen LogP) is 2.82. The van der Waals surface area contributed by atoms with Crippen LogP contribution in [0.5, 0.6) is 0 Å². The number of ether oxygens (including phenoxy) is 1. The number of amides is 3. The highest BCUT2D eigenvalue weighted by atomic mass is 32.2. The maximum absolute atomic E-state index is 12.8. The molecule has 1 aromatic rings. The van der Waals surface area contributed by atoms with Crippen molar-refractivity contribution < 1.29 is 24.2 Å². The zero-order valence-corrected chi connectivity index (χ0v) is 19.1. The van der Waals surface area contributed by atoms with Crippen LogP contribution in [0, 0.1) is 6.92 Å². The molecule has 0 aliphatic rings. The Balaban J connectivity index is 2.89. The van der Waals surface area contributed by atoms with Crippen LogP contribution in [-0.4, -0.2) is 52.6 Å². The van der Waals surface area contributed by atoms with Gasteiger partial charge in [0.25, 0.3) is 0 Å². The number of nitrogens with zero attached hydrogens (tertiary/aromatic N) is 3. The number of azide groups is 1. The molecule has 0 aromatic heterocycles. The number of carbonyl (C=O) groups excluding carboxylic acids is 3. The van der Waals surface area contributed by atoms with E-state index in [-0.39, 0.29) is 5.75 Å². The molecule has 3 atom stereocenters. The van der Waals surface area contributed by atoms with Crippen molar-refractivity contribution in [1.82, 2.24) is 10.6 Å². The third-order valence-electron chi connectivity index (χ3n) is 3.87. The summed E-state index contributed by atoms with van der Waals surface area (Å²) in [6, 6.07) is 5.42. The third kappa shape index (κ3) is 10.2. The summed E-state index contributed by atoms with van der Waals surface area (Å²) in [6.45, 7) is 8.33. The molecule has 3 N–H and O–H groups in total. The summed E-state index contributed by atoms with van der Waals surface area (Å²) >= 11 is 1.40. The van der Waals surface area contributed by atoms with Crippen molar-refractivity contribution in [3.05, 3.63) is 45.8 Å². The average molecular weight is 452 g/mol. The molecule has 0 radical (unpaired) electrons. The van der Waals surface area contributed by atoms with E-state index in [2.05, 4.69) is 20.7 Å². The van der Waals surface area contributed by atoms with E-state index < -0.39 is 41.7 Å². The second kappa shape index (κ2) is 12.2. The van der Waals surface area contributed by atoms with Crippen LogP contribution in [0.2, 0.25) is 0 Å². The van der Waals surface area contributed by atoms with Gasteiger partial charge in [0, 0.05) is 16.4 Å². The van der Waals surface area contributed by atoms with Crippen molar-refractivity contribution in [1.29, 1.82) is 0 Å². The van der Waals surface area contributed by atoms with Crippen LogP contribution in [0.3, 0.4) is 0 Å². The van der Waals surface area contributed by atoms with Crippen LogP contribution in [0.1, 0.15) is 38.8 Å². The predicted molar refractivity (Wildman–Crippen MR) is 118 cm³/mol. The molecule has 0 aliphatic heterocycles.